The molecule has 0 aromatic carbocycles. The summed E-state index contributed by atoms with van der Waals surface area (Å²) in [7, 11) is 0. The fourth-order valence-electron chi connectivity index (χ4n) is 2.44. The molecule has 0 amide bonds. The van der Waals surface area contributed by atoms with Crippen LogP contribution in [0.4, 0.5) is 0 Å². The Morgan fingerprint density at radius 2 is 1.23 bits per heavy atom. The highest BCUT2D eigenvalue weighted by atomic mass is 16.6. The van der Waals surface area contributed by atoms with Gasteiger partial charge in [0.2, 0.25) is 0 Å². The second-order valence-corrected chi connectivity index (χ2v) is 6.25. The normalized spacial score (nSPS) is 12.6. The van der Waals surface area contributed by atoms with Crippen molar-refractivity contribution in [1.29, 1.82) is 0 Å². The van der Waals surface area contributed by atoms with Crippen LogP contribution in [0.15, 0.2) is 0 Å². The van der Waals surface area contributed by atoms with Crippen molar-refractivity contribution in [2.45, 2.75) is 110 Å². The summed E-state index contributed by atoms with van der Waals surface area (Å²) >= 11 is 0. The lowest BCUT2D eigenvalue weighted by atomic mass is 10.0. The lowest BCUT2D eigenvalue weighted by molar-refractivity contribution is -0.172. The molecule has 0 aromatic rings. The van der Waals surface area contributed by atoms with E-state index in [-0.39, 0.29) is 5.97 Å². The lowest BCUT2D eigenvalue weighted by Crippen LogP contribution is -2.27. The van der Waals surface area contributed by atoms with Gasteiger partial charge in [0.1, 0.15) is 6.10 Å². The molecular weight excluding hydrogens is 280 g/mol. The average Bonchev–Trinajstić information content (AvgIpc) is 2.48. The summed E-state index contributed by atoms with van der Waals surface area (Å²) in [6, 6.07) is 0. The van der Waals surface area contributed by atoms with E-state index in [0.717, 1.165) is 12.8 Å². The van der Waals surface area contributed by atoms with Gasteiger partial charge in [-0.15, -0.1) is 0 Å². The minimum atomic E-state index is -1.59. The maximum absolute atomic E-state index is 11.4. The number of rotatable bonds is 15. The van der Waals surface area contributed by atoms with Crippen molar-refractivity contribution < 1.29 is 19.7 Å². The topological polar surface area (TPSA) is 66.8 Å². The molecule has 0 saturated heterocycles. The second kappa shape index (κ2) is 15.3. The number of esters is 1. The Kier molecular flexibility index (Phi) is 14.9. The van der Waals surface area contributed by atoms with Crippen molar-refractivity contribution >= 4 is 5.97 Å². The molecule has 1 atom stereocenters. The van der Waals surface area contributed by atoms with Crippen molar-refractivity contribution in [1.82, 2.24) is 0 Å². The molecule has 0 aromatic heterocycles. The van der Waals surface area contributed by atoms with E-state index in [1.807, 2.05) is 0 Å². The molecule has 1 unspecified atom stereocenters. The highest BCUT2D eigenvalue weighted by molar-refractivity contribution is 5.69. The minimum absolute atomic E-state index is 0.340. The molecule has 22 heavy (non-hydrogen) atoms. The molecule has 0 fully saturated rings. The molecule has 4 heteroatoms. The zero-order valence-electron chi connectivity index (χ0n) is 14.6. The molecule has 0 rings (SSSR count). The van der Waals surface area contributed by atoms with Crippen LogP contribution in [0, 0.1) is 0 Å². The third-order valence-corrected chi connectivity index (χ3v) is 3.97. The number of carbonyl (C=O) groups is 1. The van der Waals surface area contributed by atoms with E-state index in [9.17, 15) is 4.79 Å². The minimum Gasteiger partial charge on any atom is -0.457 e. The van der Waals surface area contributed by atoms with Crippen molar-refractivity contribution in [3.63, 3.8) is 0 Å². The van der Waals surface area contributed by atoms with Crippen LogP contribution in [-0.4, -0.2) is 28.6 Å². The molecule has 0 heterocycles. The molecule has 0 radical (unpaired) electrons. The summed E-state index contributed by atoms with van der Waals surface area (Å²) in [4.78, 5) is 11.4. The summed E-state index contributed by atoms with van der Waals surface area (Å²) in [5.74, 6) is -0.340. The van der Waals surface area contributed by atoms with E-state index in [1.165, 1.54) is 71.1 Å². The Morgan fingerprint density at radius 1 is 0.818 bits per heavy atom. The van der Waals surface area contributed by atoms with E-state index in [2.05, 4.69) is 6.92 Å². The van der Waals surface area contributed by atoms with Gasteiger partial charge in [-0.3, -0.25) is 4.79 Å². The van der Waals surface area contributed by atoms with Gasteiger partial charge in [-0.05, 0) is 13.3 Å². The molecule has 0 aliphatic heterocycles. The molecule has 0 aliphatic carbocycles. The average molecular weight is 316 g/mol. The van der Waals surface area contributed by atoms with Crippen LogP contribution in [0.2, 0.25) is 0 Å². The number of aliphatic hydroxyl groups is 2. The zero-order valence-corrected chi connectivity index (χ0v) is 14.6. The Balaban J connectivity index is 3.21. The Labute approximate surface area is 136 Å². The Bertz CT molecular complexity index is 253. The highest BCUT2D eigenvalue weighted by Crippen LogP contribution is 2.12. The molecule has 2 N–H and O–H groups in total. The smallest absolute Gasteiger partial charge is 0.306 e. The fraction of sp³-hybridized carbons (Fsp3) is 0.944. The van der Waals surface area contributed by atoms with E-state index in [1.54, 1.807) is 0 Å². The predicted molar refractivity (Wildman–Crippen MR) is 89.5 cm³/mol. The van der Waals surface area contributed by atoms with Crippen LogP contribution in [0.25, 0.3) is 0 Å². The number of ether oxygens (including phenoxy) is 1. The van der Waals surface area contributed by atoms with Crippen molar-refractivity contribution in [3.05, 3.63) is 0 Å². The summed E-state index contributed by atoms with van der Waals surface area (Å²) in [6.07, 6.45) is 13.0. The largest absolute Gasteiger partial charge is 0.457 e. The summed E-state index contributed by atoms with van der Waals surface area (Å²) in [5.41, 5.74) is 0. The Hall–Kier alpha value is -0.610. The van der Waals surface area contributed by atoms with Crippen LogP contribution >= 0.6 is 0 Å². The van der Waals surface area contributed by atoms with Gasteiger partial charge < -0.3 is 14.9 Å². The van der Waals surface area contributed by atoms with Crippen LogP contribution in [0.1, 0.15) is 97.3 Å². The highest BCUT2D eigenvalue weighted by Gasteiger charge is 2.15. The molecule has 0 saturated carbocycles. The van der Waals surface area contributed by atoms with Crippen LogP contribution in [0.5, 0.6) is 0 Å². The van der Waals surface area contributed by atoms with Crippen LogP contribution in [-0.2, 0) is 9.53 Å². The number of hydrogen-bond acceptors (Lipinski definition) is 4. The lowest BCUT2D eigenvalue weighted by Gasteiger charge is -2.14. The first kappa shape index (κ1) is 21.4. The molecular formula is C18H36O4. The van der Waals surface area contributed by atoms with Gasteiger partial charge in [-0.2, -0.15) is 0 Å². The number of aliphatic hydroxyl groups excluding tert-OH is 1. The monoisotopic (exact) mass is 316 g/mol. The first-order valence-corrected chi connectivity index (χ1v) is 9.13. The van der Waals surface area contributed by atoms with Crippen molar-refractivity contribution in [2.75, 3.05) is 0 Å². The first-order chi connectivity index (χ1) is 10.6. The maximum atomic E-state index is 11.4. The zero-order chi connectivity index (χ0) is 16.6. The second-order valence-electron chi connectivity index (χ2n) is 6.25. The molecule has 132 valence electrons. The first-order valence-electron chi connectivity index (χ1n) is 9.13. The summed E-state index contributed by atoms with van der Waals surface area (Å²) < 4.78 is 4.87. The third kappa shape index (κ3) is 14.3. The van der Waals surface area contributed by atoms with Gasteiger partial charge in [0, 0.05) is 6.42 Å². The number of unbranched alkanes of at least 4 members (excludes halogenated alkanes) is 11. The van der Waals surface area contributed by atoms with E-state index in [0.29, 0.717) is 6.42 Å². The predicted octanol–water partition coefficient (Wildman–Crippen LogP) is 4.32. The van der Waals surface area contributed by atoms with E-state index < -0.39 is 12.4 Å². The van der Waals surface area contributed by atoms with Gasteiger partial charge in [0.25, 0.3) is 0 Å². The van der Waals surface area contributed by atoms with E-state index in [4.69, 9.17) is 14.9 Å². The maximum Gasteiger partial charge on any atom is 0.306 e. The van der Waals surface area contributed by atoms with Crippen molar-refractivity contribution in [3.8, 4) is 0 Å². The molecule has 0 spiro atoms. The van der Waals surface area contributed by atoms with Gasteiger partial charge in [0.05, 0.1) is 0 Å². The summed E-state index contributed by atoms with van der Waals surface area (Å²) in [5, 5.41) is 17.6. The molecule has 4 nitrogen and oxygen atoms in total. The van der Waals surface area contributed by atoms with Gasteiger partial charge in [0.15, 0.2) is 6.29 Å². The van der Waals surface area contributed by atoms with E-state index >= 15 is 0 Å². The van der Waals surface area contributed by atoms with Gasteiger partial charge in [-0.1, -0.05) is 77.6 Å². The quantitative estimate of drug-likeness (QED) is 0.268. The third-order valence-electron chi connectivity index (χ3n) is 3.97. The standard InChI is InChI=1S/C18H36O4/c1-3-4-5-6-7-8-9-10-11-12-13-14-15-17(19)22-16(2)18(20)21/h16,18,20-21H,3-15H2,1-2H3. The number of carbonyl (C=O) groups excluding carboxylic acids is 1. The Morgan fingerprint density at radius 3 is 1.64 bits per heavy atom. The summed E-state index contributed by atoms with van der Waals surface area (Å²) in [6.45, 7) is 3.72. The molecule has 0 bridgehead atoms. The van der Waals surface area contributed by atoms with Crippen LogP contribution in [0.3, 0.4) is 0 Å². The van der Waals surface area contributed by atoms with Gasteiger partial charge in [-0.25, -0.2) is 0 Å². The molecule has 0 aliphatic rings. The van der Waals surface area contributed by atoms with Crippen LogP contribution < -0.4 is 0 Å². The fourth-order valence-corrected chi connectivity index (χ4v) is 2.44. The number of hydrogen-bond donors (Lipinski definition) is 2. The van der Waals surface area contributed by atoms with Gasteiger partial charge >= 0.3 is 5.97 Å². The SMILES string of the molecule is CCCCCCCCCCCCCCC(=O)OC(C)C(O)O. The van der Waals surface area contributed by atoms with Crippen molar-refractivity contribution in [2.24, 2.45) is 0 Å².